The molecule has 1 aromatic rings. The largest absolute Gasteiger partial charge is 0.396 e. The number of aromatic nitrogens is 1. The van der Waals surface area contributed by atoms with Gasteiger partial charge in [0.05, 0.1) is 6.61 Å². The summed E-state index contributed by atoms with van der Waals surface area (Å²) in [7, 11) is 2.15. The Kier molecular flexibility index (Phi) is 4.48. The molecule has 2 heterocycles. The number of nitrogens with zero attached hydrogens (tertiary/aromatic N) is 3. The van der Waals surface area contributed by atoms with E-state index in [1.807, 2.05) is 18.2 Å². The molecule has 2 rings (SSSR count). The molecule has 1 atom stereocenters. The van der Waals surface area contributed by atoms with Crippen molar-refractivity contribution in [3.8, 4) is 0 Å². The van der Waals surface area contributed by atoms with Crippen LogP contribution in [0.3, 0.4) is 0 Å². The fourth-order valence-corrected chi connectivity index (χ4v) is 2.20. The summed E-state index contributed by atoms with van der Waals surface area (Å²) >= 11 is 0. The summed E-state index contributed by atoms with van der Waals surface area (Å²) in [5.74, 6) is 0.139. The number of likely N-dealkylation sites (N-methyl/N-ethyl adjacent to an activating group) is 1. The van der Waals surface area contributed by atoms with E-state index < -0.39 is 0 Å². The third-order valence-corrected chi connectivity index (χ3v) is 3.40. The molecular weight excluding hydrogens is 214 g/mol. The summed E-state index contributed by atoms with van der Waals surface area (Å²) in [6.07, 6.45) is 1.79. The highest BCUT2D eigenvalue weighted by Crippen LogP contribution is 2.14. The van der Waals surface area contributed by atoms with Crippen LogP contribution in [0.15, 0.2) is 24.4 Å². The van der Waals surface area contributed by atoms with Crippen LogP contribution in [0.4, 0.5) is 0 Å². The van der Waals surface area contributed by atoms with Gasteiger partial charge < -0.3 is 14.9 Å². The van der Waals surface area contributed by atoms with Crippen molar-refractivity contribution in [1.82, 2.24) is 14.8 Å². The van der Waals surface area contributed by atoms with Crippen LogP contribution in [-0.4, -0.2) is 66.3 Å². The van der Waals surface area contributed by atoms with Crippen LogP contribution < -0.4 is 0 Å². The van der Waals surface area contributed by atoms with Gasteiger partial charge in [0.2, 0.25) is 0 Å². The Labute approximate surface area is 103 Å². The summed E-state index contributed by atoms with van der Waals surface area (Å²) in [6.45, 7) is 5.46. The summed E-state index contributed by atoms with van der Waals surface area (Å²) in [6, 6.07) is 5.89. The molecule has 0 aromatic carbocycles. The van der Waals surface area contributed by atoms with Gasteiger partial charge in [0.25, 0.3) is 0 Å². The van der Waals surface area contributed by atoms with E-state index >= 15 is 0 Å². The predicted molar refractivity (Wildman–Crippen MR) is 68.0 cm³/mol. The van der Waals surface area contributed by atoms with Crippen LogP contribution in [0.5, 0.6) is 0 Å². The fourth-order valence-electron chi connectivity index (χ4n) is 2.20. The van der Waals surface area contributed by atoms with Gasteiger partial charge in [0.1, 0.15) is 0 Å². The van der Waals surface area contributed by atoms with E-state index in [0.29, 0.717) is 0 Å². The molecule has 0 aliphatic carbocycles. The van der Waals surface area contributed by atoms with Crippen LogP contribution in [0.2, 0.25) is 0 Å². The van der Waals surface area contributed by atoms with Gasteiger partial charge in [-0.05, 0) is 19.2 Å². The number of aliphatic hydroxyl groups excluding tert-OH is 1. The predicted octanol–water partition coefficient (Wildman–Crippen LogP) is 0.405. The lowest BCUT2D eigenvalue weighted by Gasteiger charge is -2.34. The van der Waals surface area contributed by atoms with E-state index in [4.69, 9.17) is 0 Å². The lowest BCUT2D eigenvalue weighted by atomic mass is 10.0. The number of piperazine rings is 1. The summed E-state index contributed by atoms with van der Waals surface area (Å²) in [5, 5.41) is 9.49. The van der Waals surface area contributed by atoms with Crippen LogP contribution in [0.25, 0.3) is 0 Å². The summed E-state index contributed by atoms with van der Waals surface area (Å²) in [5.41, 5.74) is 0.994. The first-order chi connectivity index (χ1) is 8.29. The number of rotatable bonds is 4. The van der Waals surface area contributed by atoms with Gasteiger partial charge in [-0.25, -0.2) is 0 Å². The summed E-state index contributed by atoms with van der Waals surface area (Å²) in [4.78, 5) is 9.08. The Morgan fingerprint density at radius 1 is 1.29 bits per heavy atom. The third-order valence-electron chi connectivity index (χ3n) is 3.40. The topological polar surface area (TPSA) is 39.6 Å². The van der Waals surface area contributed by atoms with Crippen molar-refractivity contribution < 1.29 is 5.11 Å². The lowest BCUT2D eigenvalue weighted by Crippen LogP contribution is -2.46. The zero-order valence-corrected chi connectivity index (χ0v) is 10.4. The molecule has 17 heavy (non-hydrogen) atoms. The molecule has 0 amide bonds. The average molecular weight is 235 g/mol. The minimum atomic E-state index is 0.139. The van der Waals surface area contributed by atoms with Gasteiger partial charge in [0.15, 0.2) is 0 Å². The molecule has 4 nitrogen and oxygen atoms in total. The zero-order chi connectivity index (χ0) is 12.1. The van der Waals surface area contributed by atoms with Crippen molar-refractivity contribution in [1.29, 1.82) is 0 Å². The minimum Gasteiger partial charge on any atom is -0.396 e. The van der Waals surface area contributed by atoms with Crippen LogP contribution in [-0.2, 0) is 0 Å². The molecule has 1 aliphatic rings. The number of hydrogen-bond acceptors (Lipinski definition) is 4. The van der Waals surface area contributed by atoms with Crippen molar-refractivity contribution >= 4 is 0 Å². The highest BCUT2D eigenvalue weighted by molar-refractivity contribution is 5.10. The molecule has 1 fully saturated rings. The first-order valence-electron chi connectivity index (χ1n) is 6.22. The second-order valence-corrected chi connectivity index (χ2v) is 4.74. The maximum absolute atomic E-state index is 9.49. The molecule has 0 saturated carbocycles. The quantitative estimate of drug-likeness (QED) is 0.820. The lowest BCUT2D eigenvalue weighted by molar-refractivity contribution is 0.132. The van der Waals surface area contributed by atoms with E-state index in [-0.39, 0.29) is 12.5 Å². The Bertz CT molecular complexity index is 323. The van der Waals surface area contributed by atoms with E-state index in [0.717, 1.165) is 38.4 Å². The van der Waals surface area contributed by atoms with Crippen molar-refractivity contribution in [2.24, 2.45) is 0 Å². The van der Waals surface area contributed by atoms with Crippen molar-refractivity contribution in [3.05, 3.63) is 30.1 Å². The Hall–Kier alpha value is -0.970. The molecule has 1 N–H and O–H groups in total. The van der Waals surface area contributed by atoms with Crippen molar-refractivity contribution in [3.63, 3.8) is 0 Å². The number of aliphatic hydroxyl groups is 1. The van der Waals surface area contributed by atoms with Gasteiger partial charge in [0, 0.05) is 50.5 Å². The molecule has 1 aromatic heterocycles. The van der Waals surface area contributed by atoms with Crippen molar-refractivity contribution in [2.75, 3.05) is 46.4 Å². The molecule has 1 saturated heterocycles. The zero-order valence-electron chi connectivity index (χ0n) is 10.4. The molecule has 4 heteroatoms. The Morgan fingerprint density at radius 3 is 2.65 bits per heavy atom. The molecular formula is C13H21N3O. The van der Waals surface area contributed by atoms with E-state index in [2.05, 4.69) is 21.8 Å². The van der Waals surface area contributed by atoms with E-state index in [1.54, 1.807) is 6.20 Å². The Balaban J connectivity index is 1.92. The van der Waals surface area contributed by atoms with Gasteiger partial charge in [-0.15, -0.1) is 0 Å². The van der Waals surface area contributed by atoms with Gasteiger partial charge in [-0.3, -0.25) is 4.98 Å². The van der Waals surface area contributed by atoms with Crippen molar-refractivity contribution in [2.45, 2.75) is 5.92 Å². The van der Waals surface area contributed by atoms with Gasteiger partial charge >= 0.3 is 0 Å². The molecule has 1 unspecified atom stereocenters. The minimum absolute atomic E-state index is 0.139. The fraction of sp³-hybridized carbons (Fsp3) is 0.615. The highest BCUT2D eigenvalue weighted by Gasteiger charge is 2.19. The SMILES string of the molecule is CN1CCN(CC(CO)c2ccccn2)CC1. The second-order valence-electron chi connectivity index (χ2n) is 4.74. The van der Waals surface area contributed by atoms with Crippen LogP contribution in [0, 0.1) is 0 Å². The summed E-state index contributed by atoms with van der Waals surface area (Å²) < 4.78 is 0. The average Bonchev–Trinajstić information content (AvgIpc) is 2.39. The normalized spacial score (nSPS) is 20.4. The van der Waals surface area contributed by atoms with Gasteiger partial charge in [-0.1, -0.05) is 6.07 Å². The third kappa shape index (κ3) is 3.49. The Morgan fingerprint density at radius 2 is 2.06 bits per heavy atom. The maximum Gasteiger partial charge on any atom is 0.0527 e. The number of pyridine rings is 1. The standard InChI is InChI=1S/C13H21N3O/c1-15-6-8-16(9-7-15)10-12(11-17)13-4-2-3-5-14-13/h2-5,12,17H,6-11H2,1H3. The van der Waals surface area contributed by atoms with Crippen LogP contribution in [0.1, 0.15) is 11.6 Å². The first-order valence-corrected chi connectivity index (χ1v) is 6.22. The monoisotopic (exact) mass is 235 g/mol. The molecule has 0 bridgehead atoms. The van der Waals surface area contributed by atoms with Crippen LogP contribution >= 0.6 is 0 Å². The molecule has 0 spiro atoms. The first kappa shape index (κ1) is 12.5. The van der Waals surface area contributed by atoms with E-state index in [9.17, 15) is 5.11 Å². The number of hydrogen-bond donors (Lipinski definition) is 1. The maximum atomic E-state index is 9.49. The van der Waals surface area contributed by atoms with Gasteiger partial charge in [-0.2, -0.15) is 0 Å². The molecule has 94 valence electrons. The molecule has 0 radical (unpaired) electrons. The second kappa shape index (κ2) is 6.10. The highest BCUT2D eigenvalue weighted by atomic mass is 16.3. The van der Waals surface area contributed by atoms with E-state index in [1.165, 1.54) is 0 Å². The molecule has 1 aliphatic heterocycles. The smallest absolute Gasteiger partial charge is 0.0527 e.